The molecule has 0 bridgehead atoms. The second-order valence-electron chi connectivity index (χ2n) is 13.0. The molecule has 53 heavy (non-hydrogen) atoms. The van der Waals surface area contributed by atoms with Gasteiger partial charge in [0, 0.05) is 36.7 Å². The first-order chi connectivity index (χ1) is 25.4. The maximum Gasteiger partial charge on any atom is 0.409 e. The number of nitrogens with zero attached hydrogens (tertiary/aromatic N) is 4. The summed E-state index contributed by atoms with van der Waals surface area (Å²) < 4.78 is 5.78. The van der Waals surface area contributed by atoms with Crippen molar-refractivity contribution >= 4 is 35.5 Å². The summed E-state index contributed by atoms with van der Waals surface area (Å²) in [7, 11) is 1.58. The molecule has 16 nitrogen and oxygen atoms in total. The number of urea groups is 1. The van der Waals surface area contributed by atoms with Gasteiger partial charge in [-0.2, -0.15) is 0 Å². The van der Waals surface area contributed by atoms with Gasteiger partial charge in [-0.05, 0) is 69.8 Å². The van der Waals surface area contributed by atoms with Gasteiger partial charge in [-0.25, -0.2) is 9.59 Å². The van der Waals surface area contributed by atoms with Crippen LogP contribution in [-0.2, 0) is 32.3 Å². The first kappa shape index (κ1) is 39.7. The van der Waals surface area contributed by atoms with E-state index in [2.05, 4.69) is 43.4 Å². The average molecular weight is 728 g/mol. The zero-order chi connectivity index (χ0) is 38.5. The molecule has 1 aliphatic carbocycles. The van der Waals surface area contributed by atoms with Gasteiger partial charge in [0.25, 0.3) is 0 Å². The van der Waals surface area contributed by atoms with Gasteiger partial charge in [-0.15, -0.1) is 0 Å². The van der Waals surface area contributed by atoms with Crippen LogP contribution in [0.2, 0.25) is 0 Å². The predicted molar refractivity (Wildman–Crippen MR) is 197 cm³/mol. The van der Waals surface area contributed by atoms with Crippen molar-refractivity contribution in [3.8, 4) is 11.1 Å². The minimum absolute atomic E-state index is 0.0564. The van der Waals surface area contributed by atoms with Crippen LogP contribution in [0.4, 0.5) is 15.3 Å². The number of nitrogens with one attached hydrogen (secondary N) is 4. The lowest BCUT2D eigenvalue weighted by Crippen LogP contribution is -2.55. The SMILES string of the molecule is CC(C)[C@H](NC(=O)CN=[N+]=[N-])C(=O)N[C@@H](CCCNC(N)=O)C(=O)Nc1ccc(CO)c(CN(C)C(=O)OCC2c3ccccc3-c3ccccc32)c1. The number of hydrogen-bond donors (Lipinski definition) is 6. The number of aliphatic hydroxyl groups is 1. The van der Waals surface area contributed by atoms with Gasteiger partial charge in [0.05, 0.1) is 6.61 Å². The molecule has 280 valence electrons. The molecule has 3 aromatic carbocycles. The van der Waals surface area contributed by atoms with Gasteiger partial charge in [0.15, 0.2) is 0 Å². The minimum Gasteiger partial charge on any atom is -0.448 e. The Kier molecular flexibility index (Phi) is 14.2. The van der Waals surface area contributed by atoms with E-state index in [1.165, 1.54) is 4.90 Å². The molecule has 0 fully saturated rings. The Morgan fingerprint density at radius 3 is 2.23 bits per heavy atom. The van der Waals surface area contributed by atoms with Crippen molar-refractivity contribution in [3.63, 3.8) is 0 Å². The van der Waals surface area contributed by atoms with Crippen molar-refractivity contribution in [1.29, 1.82) is 0 Å². The number of azide groups is 1. The standard InChI is InChI=1S/C37H45N9O7/c1-22(2)33(44-32(48)18-41-45-39)35(50)43-31(13-8-16-40-36(38)51)34(49)42-25-15-14-23(20-47)24(17-25)19-46(3)37(52)53-21-30-28-11-6-4-9-26(28)27-10-5-7-12-29(27)30/h4-7,9-12,14-15,17,22,30-31,33,47H,8,13,16,18-21H2,1-3H3,(H,42,49)(H,43,50)(H,44,48)(H3,38,40,51)/t31-,33-/m0/s1. The largest absolute Gasteiger partial charge is 0.448 e. The van der Waals surface area contributed by atoms with E-state index >= 15 is 0 Å². The van der Waals surface area contributed by atoms with Gasteiger partial charge in [0.1, 0.15) is 25.2 Å². The molecule has 0 saturated heterocycles. The number of carbonyl (C=O) groups excluding carboxylic acids is 5. The van der Waals surface area contributed by atoms with Crippen molar-refractivity contribution < 1.29 is 33.8 Å². The number of rotatable bonds is 17. The number of primary amides is 1. The molecule has 0 spiro atoms. The second kappa shape index (κ2) is 18.9. The fourth-order valence-corrected chi connectivity index (χ4v) is 6.16. The van der Waals surface area contributed by atoms with Crippen LogP contribution in [0.5, 0.6) is 0 Å². The summed E-state index contributed by atoms with van der Waals surface area (Å²) in [6.07, 6.45) is -0.193. The summed E-state index contributed by atoms with van der Waals surface area (Å²) in [6.45, 7) is 2.91. The monoisotopic (exact) mass is 727 g/mol. The highest BCUT2D eigenvalue weighted by molar-refractivity contribution is 5.98. The number of fused-ring (bicyclic) bond motifs is 3. The first-order valence-electron chi connectivity index (χ1n) is 17.2. The molecule has 0 heterocycles. The molecule has 0 saturated carbocycles. The van der Waals surface area contributed by atoms with Gasteiger partial charge in [-0.3, -0.25) is 14.4 Å². The summed E-state index contributed by atoms with van der Waals surface area (Å²) in [6, 6.07) is 18.0. The topological polar surface area (TPSA) is 241 Å². The zero-order valence-corrected chi connectivity index (χ0v) is 29.9. The third-order valence-electron chi connectivity index (χ3n) is 8.84. The normalized spacial score (nSPS) is 12.7. The Morgan fingerprint density at radius 1 is 0.962 bits per heavy atom. The van der Waals surface area contributed by atoms with E-state index in [4.69, 9.17) is 16.0 Å². The van der Waals surface area contributed by atoms with Crippen LogP contribution < -0.4 is 27.0 Å². The highest BCUT2D eigenvalue weighted by atomic mass is 16.6. The highest BCUT2D eigenvalue weighted by Gasteiger charge is 2.31. The van der Waals surface area contributed by atoms with E-state index in [1.807, 2.05) is 36.4 Å². The van der Waals surface area contributed by atoms with Crippen LogP contribution in [0, 0.1) is 5.92 Å². The fourth-order valence-electron chi connectivity index (χ4n) is 6.16. The van der Waals surface area contributed by atoms with Crippen LogP contribution in [0.3, 0.4) is 0 Å². The van der Waals surface area contributed by atoms with Gasteiger partial charge in [0.2, 0.25) is 17.7 Å². The molecule has 0 unspecified atom stereocenters. The van der Waals surface area contributed by atoms with E-state index in [0.29, 0.717) is 16.8 Å². The Labute approximate surface area is 307 Å². The van der Waals surface area contributed by atoms with E-state index in [-0.39, 0.29) is 51.0 Å². The molecule has 4 rings (SSSR count). The predicted octanol–water partition coefficient (Wildman–Crippen LogP) is 3.88. The number of anilines is 1. The lowest BCUT2D eigenvalue weighted by Gasteiger charge is -2.25. The summed E-state index contributed by atoms with van der Waals surface area (Å²) in [4.78, 5) is 67.4. The number of carbonyl (C=O) groups is 5. The molecule has 0 aliphatic heterocycles. The Hall–Kier alpha value is -6.12. The maximum atomic E-state index is 13.6. The van der Waals surface area contributed by atoms with E-state index in [9.17, 15) is 29.1 Å². The smallest absolute Gasteiger partial charge is 0.409 e. The third kappa shape index (κ3) is 10.7. The number of benzene rings is 3. The molecule has 0 radical (unpaired) electrons. The van der Waals surface area contributed by atoms with Crippen molar-refractivity contribution in [1.82, 2.24) is 20.9 Å². The first-order valence-corrected chi connectivity index (χ1v) is 17.2. The minimum atomic E-state index is -1.10. The van der Waals surface area contributed by atoms with Gasteiger partial charge < -0.3 is 41.7 Å². The van der Waals surface area contributed by atoms with E-state index in [0.717, 1.165) is 22.3 Å². The fraction of sp³-hybridized carbons (Fsp3) is 0.378. The Balaban J connectivity index is 1.44. The highest BCUT2D eigenvalue weighted by Crippen LogP contribution is 2.44. The summed E-state index contributed by atoms with van der Waals surface area (Å²) in [5.74, 6) is -2.39. The quantitative estimate of drug-likeness (QED) is 0.0518. The lowest BCUT2D eigenvalue weighted by molar-refractivity contribution is -0.131. The van der Waals surface area contributed by atoms with Gasteiger partial charge in [-0.1, -0.05) is 73.6 Å². The summed E-state index contributed by atoms with van der Waals surface area (Å²) >= 11 is 0. The molecule has 1 aliphatic rings. The molecule has 6 amide bonds. The zero-order valence-electron chi connectivity index (χ0n) is 29.9. The summed E-state index contributed by atoms with van der Waals surface area (Å²) in [5.41, 5.74) is 19.5. The van der Waals surface area contributed by atoms with Crippen LogP contribution in [0.1, 0.15) is 54.9 Å². The summed E-state index contributed by atoms with van der Waals surface area (Å²) in [5, 5.41) is 23.7. The van der Waals surface area contributed by atoms with Crippen molar-refractivity contribution in [2.45, 2.75) is 57.8 Å². The third-order valence-corrected chi connectivity index (χ3v) is 8.84. The van der Waals surface area contributed by atoms with E-state index < -0.39 is 48.5 Å². The van der Waals surface area contributed by atoms with Gasteiger partial charge >= 0.3 is 12.1 Å². The molecule has 16 heteroatoms. The Morgan fingerprint density at radius 2 is 1.62 bits per heavy atom. The molecule has 2 atom stereocenters. The second-order valence-corrected chi connectivity index (χ2v) is 13.0. The molecule has 0 aromatic heterocycles. The number of hydrogen-bond acceptors (Lipinski definition) is 8. The van der Waals surface area contributed by atoms with Crippen molar-refractivity contribution in [2.75, 3.05) is 32.1 Å². The van der Waals surface area contributed by atoms with Crippen molar-refractivity contribution in [2.24, 2.45) is 16.8 Å². The number of ether oxygens (including phenoxy) is 1. The van der Waals surface area contributed by atoms with Crippen LogP contribution >= 0.6 is 0 Å². The molecule has 3 aromatic rings. The number of nitrogens with two attached hydrogens (primary N) is 1. The van der Waals surface area contributed by atoms with Crippen LogP contribution in [-0.4, -0.2) is 78.7 Å². The Bertz CT molecular complexity index is 1820. The molecular weight excluding hydrogens is 682 g/mol. The number of amides is 6. The van der Waals surface area contributed by atoms with E-state index in [1.54, 1.807) is 39.1 Å². The maximum absolute atomic E-state index is 13.6. The van der Waals surface area contributed by atoms with Crippen molar-refractivity contribution in [3.05, 3.63) is 99.4 Å². The average Bonchev–Trinajstić information content (AvgIpc) is 3.46. The lowest BCUT2D eigenvalue weighted by atomic mass is 9.98. The molecule has 7 N–H and O–H groups in total. The van der Waals surface area contributed by atoms with Crippen LogP contribution in [0.15, 0.2) is 71.8 Å². The van der Waals surface area contributed by atoms with Crippen LogP contribution in [0.25, 0.3) is 21.6 Å². The molecular formula is C37H45N9O7. The number of aliphatic hydroxyl groups excluding tert-OH is 1.